The first kappa shape index (κ1) is 15.8. The minimum Gasteiger partial charge on any atom is -0.399 e. The van der Waals surface area contributed by atoms with E-state index < -0.39 is 0 Å². The van der Waals surface area contributed by atoms with E-state index in [0.29, 0.717) is 0 Å². The molecule has 2 aromatic rings. The van der Waals surface area contributed by atoms with Crippen molar-refractivity contribution in [2.24, 2.45) is 5.16 Å². The summed E-state index contributed by atoms with van der Waals surface area (Å²) >= 11 is 0. The van der Waals surface area contributed by atoms with E-state index in [1.54, 1.807) is 13.3 Å². The van der Waals surface area contributed by atoms with Gasteiger partial charge in [-0.05, 0) is 40.8 Å². The molecular weight excluding hydrogens is 296 g/mol. The molecule has 0 radical (unpaired) electrons. The number of oxime groups is 1. The normalized spacial score (nSPS) is 13.5. The fraction of sp³-hybridized carbons (Fsp3) is 0.0952. The van der Waals surface area contributed by atoms with Crippen LogP contribution < -0.4 is 5.32 Å². The maximum absolute atomic E-state index is 4.75. The molecular formula is C21H20N2O. The third kappa shape index (κ3) is 3.63. The number of hydrogen-bond acceptors (Lipinski definition) is 3. The molecule has 0 aromatic heterocycles. The van der Waals surface area contributed by atoms with Gasteiger partial charge in [-0.15, -0.1) is 0 Å². The highest BCUT2D eigenvalue weighted by molar-refractivity contribution is 5.89. The van der Waals surface area contributed by atoms with Crippen molar-refractivity contribution in [2.45, 2.75) is 6.42 Å². The second-order valence-corrected chi connectivity index (χ2v) is 5.39. The van der Waals surface area contributed by atoms with Gasteiger partial charge in [0.15, 0.2) is 0 Å². The van der Waals surface area contributed by atoms with Crippen LogP contribution in [0.1, 0.15) is 16.7 Å². The molecule has 3 nitrogen and oxygen atoms in total. The van der Waals surface area contributed by atoms with Gasteiger partial charge >= 0.3 is 0 Å². The highest BCUT2D eigenvalue weighted by Crippen LogP contribution is 2.37. The molecule has 0 unspecified atom stereocenters. The van der Waals surface area contributed by atoms with Crippen LogP contribution in [-0.2, 0) is 11.3 Å². The third-order valence-electron chi connectivity index (χ3n) is 3.90. The van der Waals surface area contributed by atoms with E-state index in [9.17, 15) is 0 Å². The molecule has 24 heavy (non-hydrogen) atoms. The van der Waals surface area contributed by atoms with E-state index in [-0.39, 0.29) is 0 Å². The third-order valence-corrected chi connectivity index (χ3v) is 3.90. The van der Waals surface area contributed by atoms with Gasteiger partial charge in [0.1, 0.15) is 7.11 Å². The Morgan fingerprint density at radius 3 is 2.46 bits per heavy atom. The van der Waals surface area contributed by atoms with Crippen LogP contribution in [0.5, 0.6) is 0 Å². The van der Waals surface area contributed by atoms with Crippen molar-refractivity contribution in [1.82, 2.24) is 5.32 Å². The average molecular weight is 316 g/mol. The van der Waals surface area contributed by atoms with Gasteiger partial charge in [-0.3, -0.25) is 0 Å². The van der Waals surface area contributed by atoms with Crippen molar-refractivity contribution < 1.29 is 4.84 Å². The van der Waals surface area contributed by atoms with E-state index in [1.807, 2.05) is 36.7 Å². The van der Waals surface area contributed by atoms with E-state index in [1.165, 1.54) is 22.3 Å². The molecule has 1 N–H and O–H groups in total. The van der Waals surface area contributed by atoms with Crippen LogP contribution in [0.25, 0.3) is 11.1 Å². The quantitative estimate of drug-likeness (QED) is 0.561. The summed E-state index contributed by atoms with van der Waals surface area (Å²) in [6.07, 6.45) is 14.3. The molecule has 120 valence electrons. The SMILES string of the molecule is C1=CC=CNC=C1.CON=Cc1cccc2c1Cc1ccccc1-2. The van der Waals surface area contributed by atoms with Crippen LogP contribution in [0.2, 0.25) is 0 Å². The van der Waals surface area contributed by atoms with Crippen LogP contribution in [0.3, 0.4) is 0 Å². The highest BCUT2D eigenvalue weighted by atomic mass is 16.6. The number of hydrogen-bond donors (Lipinski definition) is 1. The number of nitrogens with zero attached hydrogens (tertiary/aromatic N) is 1. The molecule has 1 aliphatic heterocycles. The van der Waals surface area contributed by atoms with Gasteiger partial charge in [-0.25, -0.2) is 0 Å². The predicted octanol–water partition coefficient (Wildman–Crippen LogP) is 4.41. The largest absolute Gasteiger partial charge is 0.399 e. The second-order valence-electron chi connectivity index (χ2n) is 5.39. The minimum absolute atomic E-state index is 0.984. The summed E-state index contributed by atoms with van der Waals surface area (Å²) in [6.45, 7) is 0. The Kier molecular flexibility index (Phi) is 5.25. The van der Waals surface area contributed by atoms with Gasteiger partial charge in [0, 0.05) is 18.0 Å². The molecule has 0 bridgehead atoms. The summed E-state index contributed by atoms with van der Waals surface area (Å²) in [4.78, 5) is 4.75. The monoisotopic (exact) mass is 316 g/mol. The lowest BCUT2D eigenvalue weighted by molar-refractivity contribution is 0.215. The number of allylic oxidation sites excluding steroid dienone is 4. The van der Waals surface area contributed by atoms with Gasteiger partial charge in [-0.1, -0.05) is 59.8 Å². The topological polar surface area (TPSA) is 33.6 Å². The molecule has 2 aromatic carbocycles. The molecule has 2 aliphatic rings. The first-order valence-corrected chi connectivity index (χ1v) is 7.91. The van der Waals surface area contributed by atoms with Crippen LogP contribution >= 0.6 is 0 Å². The molecule has 1 aliphatic carbocycles. The van der Waals surface area contributed by atoms with Gasteiger partial charge < -0.3 is 10.2 Å². The van der Waals surface area contributed by atoms with Crippen molar-refractivity contribution >= 4 is 6.21 Å². The average Bonchev–Trinajstić information content (AvgIpc) is 2.79. The van der Waals surface area contributed by atoms with Gasteiger partial charge in [-0.2, -0.15) is 0 Å². The van der Waals surface area contributed by atoms with Crippen LogP contribution in [0, 0.1) is 0 Å². The summed E-state index contributed by atoms with van der Waals surface area (Å²) in [7, 11) is 1.56. The van der Waals surface area contributed by atoms with Crippen LogP contribution in [-0.4, -0.2) is 13.3 Å². The predicted molar refractivity (Wildman–Crippen MR) is 99.8 cm³/mol. The van der Waals surface area contributed by atoms with Crippen molar-refractivity contribution in [3.63, 3.8) is 0 Å². The number of benzene rings is 2. The van der Waals surface area contributed by atoms with E-state index in [2.05, 4.69) is 52.9 Å². The first-order valence-electron chi connectivity index (χ1n) is 7.91. The number of nitrogens with one attached hydrogen (secondary N) is 1. The van der Waals surface area contributed by atoms with E-state index >= 15 is 0 Å². The molecule has 0 amide bonds. The maximum Gasteiger partial charge on any atom is 0.106 e. The van der Waals surface area contributed by atoms with Crippen LogP contribution in [0.4, 0.5) is 0 Å². The van der Waals surface area contributed by atoms with Gasteiger partial charge in [0.25, 0.3) is 0 Å². The smallest absolute Gasteiger partial charge is 0.106 e. The lowest BCUT2D eigenvalue weighted by Gasteiger charge is -2.03. The summed E-state index contributed by atoms with van der Waals surface area (Å²) in [5.74, 6) is 0. The Bertz CT molecular complexity index is 802. The lowest BCUT2D eigenvalue weighted by Crippen LogP contribution is -1.91. The second kappa shape index (κ2) is 7.97. The highest BCUT2D eigenvalue weighted by Gasteiger charge is 2.19. The fourth-order valence-corrected chi connectivity index (χ4v) is 2.82. The zero-order chi connectivity index (χ0) is 16.6. The Balaban J connectivity index is 0.000000203. The van der Waals surface area contributed by atoms with E-state index in [0.717, 1.165) is 12.0 Å². The summed E-state index contributed by atoms with van der Waals surface area (Å²) in [5, 5.41) is 6.78. The Morgan fingerprint density at radius 2 is 1.67 bits per heavy atom. The molecule has 3 heteroatoms. The summed E-state index contributed by atoms with van der Waals surface area (Å²) in [6, 6.07) is 14.9. The number of rotatable bonds is 2. The zero-order valence-corrected chi connectivity index (χ0v) is 13.6. The molecule has 4 rings (SSSR count). The Hall–Kier alpha value is -3.07. The molecule has 1 heterocycles. The number of fused-ring (bicyclic) bond motifs is 3. The van der Waals surface area contributed by atoms with Gasteiger partial charge in [0.2, 0.25) is 0 Å². The zero-order valence-electron chi connectivity index (χ0n) is 13.6. The van der Waals surface area contributed by atoms with E-state index in [4.69, 9.17) is 4.84 Å². The standard InChI is InChI=1S/C15H13NO.C6H7N/c1-17-16-10-12-6-4-8-14-13-7-3-2-5-11(13)9-15(12)14;1-2-4-6-7-5-3-1/h2-8,10H,9H2,1H3;1-7H. The molecule has 0 saturated carbocycles. The Morgan fingerprint density at radius 1 is 0.917 bits per heavy atom. The van der Waals surface area contributed by atoms with Gasteiger partial charge in [0.05, 0.1) is 6.21 Å². The molecule has 0 fully saturated rings. The maximum atomic E-state index is 4.75. The van der Waals surface area contributed by atoms with Crippen molar-refractivity contribution in [3.8, 4) is 11.1 Å². The van der Waals surface area contributed by atoms with Crippen molar-refractivity contribution in [3.05, 3.63) is 95.9 Å². The Labute approximate surface area is 142 Å². The molecule has 0 atom stereocenters. The van der Waals surface area contributed by atoms with Crippen molar-refractivity contribution in [1.29, 1.82) is 0 Å². The van der Waals surface area contributed by atoms with Crippen LogP contribution in [0.15, 0.2) is 84.3 Å². The summed E-state index contributed by atoms with van der Waals surface area (Å²) in [5.41, 5.74) is 6.53. The first-order chi connectivity index (χ1) is 11.9. The minimum atomic E-state index is 0.984. The lowest BCUT2D eigenvalue weighted by atomic mass is 10.0. The van der Waals surface area contributed by atoms with Crippen molar-refractivity contribution in [2.75, 3.05) is 7.11 Å². The summed E-state index contributed by atoms with van der Waals surface area (Å²) < 4.78 is 0. The fourth-order valence-electron chi connectivity index (χ4n) is 2.82. The molecule has 0 spiro atoms. The molecule has 0 saturated heterocycles.